The topological polar surface area (TPSA) is 84.9 Å². The van der Waals surface area contributed by atoms with E-state index in [1.165, 1.54) is 29.6 Å². The molecule has 0 aliphatic carbocycles. The lowest BCUT2D eigenvalue weighted by molar-refractivity contribution is -0.118. The highest BCUT2D eigenvalue weighted by Gasteiger charge is 2.23. The summed E-state index contributed by atoms with van der Waals surface area (Å²) in [5.74, 6) is 0.598. The van der Waals surface area contributed by atoms with Crippen molar-refractivity contribution in [3.8, 4) is 11.5 Å². The number of benzene rings is 2. The van der Waals surface area contributed by atoms with E-state index in [1.54, 1.807) is 13.8 Å². The van der Waals surface area contributed by atoms with Crippen LogP contribution in [0.15, 0.2) is 35.2 Å². The highest BCUT2D eigenvalue weighted by atomic mass is 32.2. The zero-order chi connectivity index (χ0) is 22.5. The second kappa shape index (κ2) is 9.95. The van der Waals surface area contributed by atoms with E-state index in [0.717, 1.165) is 16.7 Å². The molecule has 0 aromatic heterocycles. The Labute approximate surface area is 179 Å². The smallest absolute Gasteiger partial charge is 0.262 e. The summed E-state index contributed by atoms with van der Waals surface area (Å²) >= 11 is 0. The number of rotatable bonds is 9. The van der Waals surface area contributed by atoms with Gasteiger partial charge in [-0.25, -0.2) is 8.42 Å². The second-order valence-electron chi connectivity index (χ2n) is 6.99. The maximum Gasteiger partial charge on any atom is 0.262 e. The zero-order valence-electron chi connectivity index (χ0n) is 18.4. The third-order valence-corrected chi connectivity index (χ3v) is 6.96. The Balaban J connectivity index is 2.22. The van der Waals surface area contributed by atoms with E-state index >= 15 is 0 Å². The quantitative estimate of drug-likeness (QED) is 0.651. The Hall–Kier alpha value is -2.58. The maximum atomic E-state index is 12.8. The van der Waals surface area contributed by atoms with Crippen molar-refractivity contribution in [3.63, 3.8) is 0 Å². The van der Waals surface area contributed by atoms with Crippen molar-refractivity contribution in [2.45, 2.75) is 39.5 Å². The van der Waals surface area contributed by atoms with Crippen LogP contribution in [0.2, 0.25) is 0 Å². The van der Waals surface area contributed by atoms with Crippen LogP contribution in [0.5, 0.6) is 11.5 Å². The number of carbonyl (C=O) groups excluding carboxylic acids is 1. The Morgan fingerprint density at radius 3 is 2.30 bits per heavy atom. The molecule has 0 saturated carbocycles. The lowest BCUT2D eigenvalue weighted by atomic mass is 10.1. The molecule has 8 heteroatoms. The van der Waals surface area contributed by atoms with E-state index in [-0.39, 0.29) is 17.2 Å². The minimum absolute atomic E-state index is 0.0911. The molecule has 1 N–H and O–H groups in total. The first kappa shape index (κ1) is 23.7. The summed E-state index contributed by atoms with van der Waals surface area (Å²) in [4.78, 5) is 12.6. The monoisotopic (exact) mass is 434 g/mol. The Morgan fingerprint density at radius 1 is 1.03 bits per heavy atom. The van der Waals surface area contributed by atoms with Crippen molar-refractivity contribution in [1.29, 1.82) is 0 Å². The van der Waals surface area contributed by atoms with Crippen LogP contribution >= 0.6 is 0 Å². The van der Waals surface area contributed by atoms with Gasteiger partial charge in [0.05, 0.1) is 17.7 Å². The molecule has 0 fully saturated rings. The highest BCUT2D eigenvalue weighted by molar-refractivity contribution is 7.89. The van der Waals surface area contributed by atoms with Gasteiger partial charge in [-0.05, 0) is 61.7 Å². The average molecular weight is 435 g/mol. The van der Waals surface area contributed by atoms with Gasteiger partial charge in [-0.1, -0.05) is 19.9 Å². The molecule has 30 heavy (non-hydrogen) atoms. The third-order valence-electron chi connectivity index (χ3n) is 4.91. The normalized spacial score (nSPS) is 11.4. The number of anilines is 1. The minimum atomic E-state index is -3.66. The molecule has 7 nitrogen and oxygen atoms in total. The maximum absolute atomic E-state index is 12.8. The first-order valence-corrected chi connectivity index (χ1v) is 11.3. The molecule has 0 aliphatic rings. The number of amides is 1. The summed E-state index contributed by atoms with van der Waals surface area (Å²) in [5, 5.41) is 2.70. The van der Waals surface area contributed by atoms with Gasteiger partial charge in [0.1, 0.15) is 11.5 Å². The van der Waals surface area contributed by atoms with Crippen LogP contribution in [0.25, 0.3) is 0 Å². The molecule has 2 rings (SSSR count). The van der Waals surface area contributed by atoms with Gasteiger partial charge >= 0.3 is 0 Å². The van der Waals surface area contributed by atoms with Crippen LogP contribution in [0.4, 0.5) is 5.69 Å². The van der Waals surface area contributed by atoms with E-state index in [4.69, 9.17) is 9.47 Å². The first-order valence-electron chi connectivity index (χ1n) is 9.82. The van der Waals surface area contributed by atoms with Gasteiger partial charge in [0.25, 0.3) is 5.91 Å². The van der Waals surface area contributed by atoms with E-state index in [2.05, 4.69) is 11.4 Å². The fraction of sp³-hybridized carbons (Fsp3) is 0.409. The minimum Gasteiger partial charge on any atom is -0.495 e. The van der Waals surface area contributed by atoms with E-state index in [1.807, 2.05) is 26.8 Å². The van der Waals surface area contributed by atoms with Crippen LogP contribution in [0.1, 0.15) is 30.5 Å². The predicted octanol–water partition coefficient (Wildman–Crippen LogP) is 3.67. The number of ether oxygens (including phenoxy) is 2. The van der Waals surface area contributed by atoms with Crippen molar-refractivity contribution in [2.75, 3.05) is 32.1 Å². The van der Waals surface area contributed by atoms with Gasteiger partial charge in [0, 0.05) is 13.1 Å². The lowest BCUT2D eigenvalue weighted by Crippen LogP contribution is -2.30. The van der Waals surface area contributed by atoms with Gasteiger partial charge in [-0.3, -0.25) is 4.79 Å². The molecule has 0 bridgehead atoms. The predicted molar refractivity (Wildman–Crippen MR) is 118 cm³/mol. The SMILES string of the molecule is CCN(CC)S(=O)(=O)c1ccc(OC)c(NC(=O)COc2cc(C)cc(C)c2C)c1. The fourth-order valence-electron chi connectivity index (χ4n) is 3.14. The third kappa shape index (κ3) is 5.31. The second-order valence-corrected chi connectivity index (χ2v) is 8.93. The molecule has 0 unspecified atom stereocenters. The Kier molecular flexibility index (Phi) is 7.86. The van der Waals surface area contributed by atoms with Crippen LogP contribution in [-0.2, 0) is 14.8 Å². The standard InChI is InChI=1S/C22H30N2O5S/c1-7-24(8-2)30(26,27)18-9-10-20(28-6)19(13-18)23-22(25)14-29-21-12-15(3)11-16(4)17(21)5/h9-13H,7-8,14H2,1-6H3,(H,23,25). The molecule has 0 saturated heterocycles. The van der Waals surface area contributed by atoms with Crippen molar-refractivity contribution < 1.29 is 22.7 Å². The molecule has 0 atom stereocenters. The van der Waals surface area contributed by atoms with Crippen molar-refractivity contribution in [2.24, 2.45) is 0 Å². The van der Waals surface area contributed by atoms with Crippen LogP contribution < -0.4 is 14.8 Å². The molecule has 2 aromatic carbocycles. The number of hydrogen-bond donors (Lipinski definition) is 1. The lowest BCUT2D eigenvalue weighted by Gasteiger charge is -2.19. The van der Waals surface area contributed by atoms with Crippen LogP contribution in [-0.4, -0.2) is 45.4 Å². The summed E-state index contributed by atoms with van der Waals surface area (Å²) in [6, 6.07) is 8.34. The van der Waals surface area contributed by atoms with E-state index in [0.29, 0.717) is 24.6 Å². The summed E-state index contributed by atoms with van der Waals surface area (Å²) in [7, 11) is -2.20. The molecule has 2 aromatic rings. The van der Waals surface area contributed by atoms with E-state index < -0.39 is 15.9 Å². The van der Waals surface area contributed by atoms with E-state index in [9.17, 15) is 13.2 Å². The van der Waals surface area contributed by atoms with Crippen molar-refractivity contribution in [3.05, 3.63) is 47.0 Å². The molecule has 0 aliphatic heterocycles. The van der Waals surface area contributed by atoms with Gasteiger partial charge in [-0.2, -0.15) is 4.31 Å². The van der Waals surface area contributed by atoms with Crippen LogP contribution in [0, 0.1) is 20.8 Å². The van der Waals surface area contributed by atoms with Crippen LogP contribution in [0.3, 0.4) is 0 Å². The summed E-state index contributed by atoms with van der Waals surface area (Å²) in [6.07, 6.45) is 0. The summed E-state index contributed by atoms with van der Waals surface area (Å²) in [6.45, 7) is 9.95. The van der Waals surface area contributed by atoms with Gasteiger partial charge in [0.2, 0.25) is 10.0 Å². The molecular weight excluding hydrogens is 404 g/mol. The number of nitrogens with one attached hydrogen (secondary N) is 1. The zero-order valence-corrected chi connectivity index (χ0v) is 19.2. The fourth-order valence-corrected chi connectivity index (χ4v) is 4.62. The van der Waals surface area contributed by atoms with Crippen molar-refractivity contribution in [1.82, 2.24) is 4.31 Å². The molecular formula is C22H30N2O5S. The number of hydrogen-bond acceptors (Lipinski definition) is 5. The number of sulfonamides is 1. The largest absolute Gasteiger partial charge is 0.495 e. The first-order chi connectivity index (χ1) is 14.1. The molecule has 0 heterocycles. The van der Waals surface area contributed by atoms with Crippen molar-refractivity contribution >= 4 is 21.6 Å². The van der Waals surface area contributed by atoms with Gasteiger partial charge < -0.3 is 14.8 Å². The highest BCUT2D eigenvalue weighted by Crippen LogP contribution is 2.29. The average Bonchev–Trinajstić information content (AvgIpc) is 2.70. The number of carbonyl (C=O) groups is 1. The molecule has 0 radical (unpaired) electrons. The summed E-state index contributed by atoms with van der Waals surface area (Å²) in [5.41, 5.74) is 3.38. The number of nitrogens with zero attached hydrogens (tertiary/aromatic N) is 1. The van der Waals surface area contributed by atoms with Gasteiger partial charge in [-0.15, -0.1) is 0 Å². The molecule has 1 amide bonds. The number of aryl methyl sites for hydroxylation is 2. The Morgan fingerprint density at radius 2 is 1.70 bits per heavy atom. The molecule has 164 valence electrons. The number of methoxy groups -OCH3 is 1. The molecule has 0 spiro atoms. The Bertz CT molecular complexity index is 1010. The van der Waals surface area contributed by atoms with Gasteiger partial charge in [0.15, 0.2) is 6.61 Å². The summed E-state index contributed by atoms with van der Waals surface area (Å²) < 4.78 is 37.9.